The molecule has 0 aliphatic carbocycles. The lowest BCUT2D eigenvalue weighted by Crippen LogP contribution is -2.04. The van der Waals surface area contributed by atoms with Gasteiger partial charge in [-0.15, -0.1) is 0 Å². The Labute approximate surface area is 140 Å². The fourth-order valence-electron chi connectivity index (χ4n) is 2.06. The standard InChI is InChI=1S/C17H19Cl2NO2/c1-2-21-17-9-12(7-8-20)3-6-16(17)22-11-13-4-5-14(18)10-15(13)19/h3-6,9-10H,2,7-8,11,20H2,1H3. The molecule has 0 amide bonds. The van der Waals surface area contributed by atoms with Crippen molar-refractivity contribution in [2.75, 3.05) is 13.2 Å². The summed E-state index contributed by atoms with van der Waals surface area (Å²) in [4.78, 5) is 0. The van der Waals surface area contributed by atoms with Gasteiger partial charge in [-0.2, -0.15) is 0 Å². The summed E-state index contributed by atoms with van der Waals surface area (Å²) in [7, 11) is 0. The molecule has 0 radical (unpaired) electrons. The highest BCUT2D eigenvalue weighted by Crippen LogP contribution is 2.30. The zero-order valence-electron chi connectivity index (χ0n) is 12.4. The van der Waals surface area contributed by atoms with Gasteiger partial charge in [0, 0.05) is 15.6 Å². The van der Waals surface area contributed by atoms with Crippen LogP contribution in [0.3, 0.4) is 0 Å². The predicted molar refractivity (Wildman–Crippen MR) is 91.2 cm³/mol. The van der Waals surface area contributed by atoms with Crippen LogP contribution in [0.15, 0.2) is 36.4 Å². The Hall–Kier alpha value is -1.42. The number of ether oxygens (including phenoxy) is 2. The second-order valence-electron chi connectivity index (χ2n) is 4.78. The fourth-order valence-corrected chi connectivity index (χ4v) is 2.52. The van der Waals surface area contributed by atoms with E-state index in [9.17, 15) is 0 Å². The SMILES string of the molecule is CCOc1cc(CCN)ccc1OCc1ccc(Cl)cc1Cl. The first kappa shape index (κ1) is 16.9. The summed E-state index contributed by atoms with van der Waals surface area (Å²) in [6.45, 7) is 3.47. The van der Waals surface area contributed by atoms with Crippen molar-refractivity contribution in [3.63, 3.8) is 0 Å². The minimum Gasteiger partial charge on any atom is -0.490 e. The molecule has 0 aromatic heterocycles. The zero-order valence-corrected chi connectivity index (χ0v) is 14.0. The van der Waals surface area contributed by atoms with Crippen molar-refractivity contribution < 1.29 is 9.47 Å². The van der Waals surface area contributed by atoms with E-state index >= 15 is 0 Å². The topological polar surface area (TPSA) is 44.5 Å². The van der Waals surface area contributed by atoms with Crippen molar-refractivity contribution in [2.24, 2.45) is 5.73 Å². The van der Waals surface area contributed by atoms with Crippen LogP contribution in [0.25, 0.3) is 0 Å². The summed E-state index contributed by atoms with van der Waals surface area (Å²) in [5.74, 6) is 1.41. The fraction of sp³-hybridized carbons (Fsp3) is 0.294. The van der Waals surface area contributed by atoms with Crippen molar-refractivity contribution in [2.45, 2.75) is 20.0 Å². The molecular formula is C17H19Cl2NO2. The van der Waals surface area contributed by atoms with Gasteiger partial charge in [0.2, 0.25) is 0 Å². The average molecular weight is 340 g/mol. The maximum atomic E-state index is 6.15. The van der Waals surface area contributed by atoms with E-state index in [1.165, 1.54) is 0 Å². The van der Waals surface area contributed by atoms with Crippen molar-refractivity contribution in [1.82, 2.24) is 0 Å². The van der Waals surface area contributed by atoms with E-state index in [0.29, 0.717) is 35.6 Å². The minimum atomic E-state index is 0.353. The molecule has 2 rings (SSSR count). The summed E-state index contributed by atoms with van der Waals surface area (Å²) in [5, 5.41) is 1.19. The summed E-state index contributed by atoms with van der Waals surface area (Å²) in [6, 6.07) is 11.2. The van der Waals surface area contributed by atoms with Gasteiger partial charge in [0.25, 0.3) is 0 Å². The van der Waals surface area contributed by atoms with Gasteiger partial charge in [-0.05, 0) is 49.7 Å². The number of hydrogen-bond acceptors (Lipinski definition) is 3. The van der Waals surface area contributed by atoms with Crippen LogP contribution in [0, 0.1) is 0 Å². The van der Waals surface area contributed by atoms with Gasteiger partial charge >= 0.3 is 0 Å². The Morgan fingerprint density at radius 1 is 1.00 bits per heavy atom. The van der Waals surface area contributed by atoms with Gasteiger partial charge in [-0.1, -0.05) is 35.3 Å². The second-order valence-corrected chi connectivity index (χ2v) is 5.62. The molecule has 5 heteroatoms. The number of benzene rings is 2. The Morgan fingerprint density at radius 3 is 2.50 bits per heavy atom. The van der Waals surface area contributed by atoms with Crippen LogP contribution in [-0.4, -0.2) is 13.2 Å². The highest BCUT2D eigenvalue weighted by molar-refractivity contribution is 6.35. The lowest BCUT2D eigenvalue weighted by molar-refractivity contribution is 0.269. The van der Waals surface area contributed by atoms with E-state index in [2.05, 4.69) is 0 Å². The van der Waals surface area contributed by atoms with Gasteiger partial charge in [0.05, 0.1) is 6.61 Å². The molecule has 3 nitrogen and oxygen atoms in total. The van der Waals surface area contributed by atoms with Crippen LogP contribution in [0.5, 0.6) is 11.5 Å². The molecule has 2 N–H and O–H groups in total. The van der Waals surface area contributed by atoms with Crippen molar-refractivity contribution >= 4 is 23.2 Å². The van der Waals surface area contributed by atoms with E-state index in [1.807, 2.05) is 31.2 Å². The third kappa shape index (κ3) is 4.54. The lowest BCUT2D eigenvalue weighted by atomic mass is 10.1. The van der Waals surface area contributed by atoms with E-state index in [1.54, 1.807) is 12.1 Å². The Morgan fingerprint density at radius 2 is 1.82 bits per heavy atom. The summed E-state index contributed by atoms with van der Waals surface area (Å²) in [6.07, 6.45) is 0.809. The molecule has 2 aromatic rings. The van der Waals surface area contributed by atoms with Crippen molar-refractivity contribution in [3.8, 4) is 11.5 Å². The summed E-state index contributed by atoms with van der Waals surface area (Å²) >= 11 is 12.0. The maximum Gasteiger partial charge on any atom is 0.161 e. The first-order chi connectivity index (χ1) is 10.6. The third-order valence-electron chi connectivity index (χ3n) is 3.14. The first-order valence-electron chi connectivity index (χ1n) is 7.16. The quantitative estimate of drug-likeness (QED) is 0.809. The molecule has 0 bridgehead atoms. The predicted octanol–water partition coefficient (Wildman–Crippen LogP) is 4.47. The number of nitrogens with two attached hydrogens (primary N) is 1. The smallest absolute Gasteiger partial charge is 0.161 e. The summed E-state index contributed by atoms with van der Waals surface area (Å²) < 4.78 is 11.5. The van der Waals surface area contributed by atoms with Crippen LogP contribution in [0.4, 0.5) is 0 Å². The van der Waals surface area contributed by atoms with Gasteiger partial charge in [-0.25, -0.2) is 0 Å². The molecular weight excluding hydrogens is 321 g/mol. The molecule has 0 heterocycles. The molecule has 0 spiro atoms. The number of hydrogen-bond donors (Lipinski definition) is 1. The summed E-state index contributed by atoms with van der Waals surface area (Å²) in [5.41, 5.74) is 7.59. The van der Waals surface area contributed by atoms with Crippen LogP contribution in [0.1, 0.15) is 18.1 Å². The maximum absolute atomic E-state index is 6.15. The van der Waals surface area contributed by atoms with Crippen molar-refractivity contribution in [3.05, 3.63) is 57.6 Å². The van der Waals surface area contributed by atoms with E-state index in [-0.39, 0.29) is 0 Å². The molecule has 0 aliphatic heterocycles. The molecule has 0 unspecified atom stereocenters. The van der Waals surface area contributed by atoms with Crippen LogP contribution >= 0.6 is 23.2 Å². The van der Waals surface area contributed by atoms with Crippen LogP contribution in [0.2, 0.25) is 10.0 Å². The Kier molecular flexibility index (Phi) is 6.37. The minimum absolute atomic E-state index is 0.353. The molecule has 2 aromatic carbocycles. The number of rotatable bonds is 7. The number of halogens is 2. The van der Waals surface area contributed by atoms with E-state index in [0.717, 1.165) is 23.3 Å². The monoisotopic (exact) mass is 339 g/mol. The molecule has 0 saturated carbocycles. The molecule has 0 aliphatic rings. The molecule has 22 heavy (non-hydrogen) atoms. The van der Waals surface area contributed by atoms with Crippen LogP contribution in [-0.2, 0) is 13.0 Å². The molecule has 0 saturated heterocycles. The highest BCUT2D eigenvalue weighted by atomic mass is 35.5. The highest BCUT2D eigenvalue weighted by Gasteiger charge is 2.08. The largest absolute Gasteiger partial charge is 0.490 e. The van der Waals surface area contributed by atoms with Gasteiger partial charge in [-0.3, -0.25) is 0 Å². The van der Waals surface area contributed by atoms with E-state index < -0.39 is 0 Å². The Bertz CT molecular complexity index is 632. The van der Waals surface area contributed by atoms with Gasteiger partial charge < -0.3 is 15.2 Å². The normalized spacial score (nSPS) is 10.5. The lowest BCUT2D eigenvalue weighted by Gasteiger charge is -2.14. The molecule has 0 atom stereocenters. The van der Waals surface area contributed by atoms with E-state index in [4.69, 9.17) is 38.4 Å². The average Bonchev–Trinajstić information content (AvgIpc) is 2.49. The zero-order chi connectivity index (χ0) is 15.9. The van der Waals surface area contributed by atoms with Gasteiger partial charge in [0.1, 0.15) is 6.61 Å². The Balaban J connectivity index is 2.14. The molecule has 118 valence electrons. The van der Waals surface area contributed by atoms with Crippen molar-refractivity contribution in [1.29, 1.82) is 0 Å². The third-order valence-corrected chi connectivity index (χ3v) is 3.73. The van der Waals surface area contributed by atoms with Gasteiger partial charge in [0.15, 0.2) is 11.5 Å². The molecule has 0 fully saturated rings. The van der Waals surface area contributed by atoms with Crippen LogP contribution < -0.4 is 15.2 Å². The first-order valence-corrected chi connectivity index (χ1v) is 7.92. The second kappa shape index (κ2) is 8.28.